The molecule has 3 aromatic rings. The van der Waals surface area contributed by atoms with Crippen LogP contribution in [-0.4, -0.2) is 17.0 Å². The number of hydrogen-bond acceptors (Lipinski definition) is 3. The lowest BCUT2D eigenvalue weighted by molar-refractivity contribution is -0.136. The first-order valence-electron chi connectivity index (χ1n) is 10.3. The van der Waals surface area contributed by atoms with E-state index in [1.807, 2.05) is 50.2 Å². The first-order chi connectivity index (χ1) is 15.3. The number of rotatable bonds is 6. The van der Waals surface area contributed by atoms with E-state index in [1.165, 1.54) is 11.0 Å². The molecule has 162 valence electrons. The van der Waals surface area contributed by atoms with E-state index in [-0.39, 0.29) is 11.3 Å². The lowest BCUT2D eigenvalue weighted by atomic mass is 9.95. The number of aryl methyl sites for hydroxylation is 2. The third-order valence-corrected chi connectivity index (χ3v) is 5.52. The van der Waals surface area contributed by atoms with Gasteiger partial charge in [0.15, 0.2) is 0 Å². The van der Waals surface area contributed by atoms with Crippen molar-refractivity contribution in [3.8, 4) is 0 Å². The van der Waals surface area contributed by atoms with Crippen molar-refractivity contribution < 1.29 is 19.1 Å². The van der Waals surface area contributed by atoms with Crippen LogP contribution in [0.5, 0.6) is 0 Å². The van der Waals surface area contributed by atoms with E-state index in [4.69, 9.17) is 0 Å². The lowest BCUT2D eigenvalue weighted by Gasteiger charge is -2.27. The molecule has 1 atom stereocenters. The quantitative estimate of drug-likeness (QED) is 0.552. The van der Waals surface area contributed by atoms with E-state index in [0.29, 0.717) is 16.9 Å². The van der Waals surface area contributed by atoms with E-state index >= 15 is 0 Å². The SMILES string of the molecule is Cc1ccc(NC2=C(CC(=O)O)C(c3ccccc3F)N(c3ccc(C)cc3)C2=O)cc1. The summed E-state index contributed by atoms with van der Waals surface area (Å²) in [6.45, 7) is 3.88. The number of carboxylic acids is 1. The van der Waals surface area contributed by atoms with Gasteiger partial charge in [-0.3, -0.25) is 14.5 Å². The number of aliphatic carboxylic acids is 1. The van der Waals surface area contributed by atoms with Gasteiger partial charge >= 0.3 is 5.97 Å². The Morgan fingerprint density at radius 3 is 2.16 bits per heavy atom. The van der Waals surface area contributed by atoms with Crippen molar-refractivity contribution in [2.75, 3.05) is 10.2 Å². The van der Waals surface area contributed by atoms with E-state index in [1.54, 1.807) is 30.3 Å². The van der Waals surface area contributed by atoms with Gasteiger partial charge in [-0.15, -0.1) is 0 Å². The molecule has 1 aliphatic rings. The first kappa shape index (κ1) is 21.3. The van der Waals surface area contributed by atoms with Gasteiger partial charge in [0.1, 0.15) is 11.5 Å². The van der Waals surface area contributed by atoms with Gasteiger partial charge in [0, 0.05) is 16.9 Å². The minimum absolute atomic E-state index is 0.157. The van der Waals surface area contributed by atoms with E-state index in [2.05, 4.69) is 5.32 Å². The number of carbonyl (C=O) groups excluding carboxylic acids is 1. The fourth-order valence-electron chi connectivity index (χ4n) is 3.93. The molecule has 0 saturated carbocycles. The van der Waals surface area contributed by atoms with Crippen LogP contribution < -0.4 is 10.2 Å². The average molecular weight is 430 g/mol. The molecular weight excluding hydrogens is 407 g/mol. The van der Waals surface area contributed by atoms with Gasteiger partial charge < -0.3 is 10.4 Å². The van der Waals surface area contributed by atoms with Crippen LogP contribution >= 0.6 is 0 Å². The topological polar surface area (TPSA) is 69.6 Å². The standard InChI is InChI=1S/C26H23FN2O3/c1-16-7-11-18(12-8-16)28-24-21(15-23(30)31)25(20-5-3-4-6-22(20)27)29(26(24)32)19-13-9-17(2)10-14-19/h3-14,25,28H,15H2,1-2H3,(H,30,31). The Morgan fingerprint density at radius 1 is 0.969 bits per heavy atom. The molecule has 4 rings (SSSR count). The number of halogens is 1. The zero-order chi connectivity index (χ0) is 22.8. The molecule has 1 heterocycles. The summed E-state index contributed by atoms with van der Waals surface area (Å²) in [6.07, 6.45) is -0.401. The van der Waals surface area contributed by atoms with E-state index in [0.717, 1.165) is 11.1 Å². The summed E-state index contributed by atoms with van der Waals surface area (Å²) >= 11 is 0. The molecule has 0 fully saturated rings. The van der Waals surface area contributed by atoms with Gasteiger partial charge in [-0.05, 0) is 49.8 Å². The van der Waals surface area contributed by atoms with Crippen molar-refractivity contribution in [3.05, 3.63) is 107 Å². The second kappa shape index (κ2) is 8.67. The third-order valence-electron chi connectivity index (χ3n) is 5.52. The van der Waals surface area contributed by atoms with Crippen molar-refractivity contribution in [3.63, 3.8) is 0 Å². The maximum absolute atomic E-state index is 14.9. The second-order valence-electron chi connectivity index (χ2n) is 7.90. The van der Waals surface area contributed by atoms with Gasteiger partial charge in [-0.25, -0.2) is 4.39 Å². The molecule has 0 aromatic heterocycles. The van der Waals surface area contributed by atoms with Gasteiger partial charge in [-0.2, -0.15) is 0 Å². The third kappa shape index (κ3) is 4.12. The van der Waals surface area contributed by atoms with Crippen LogP contribution in [0, 0.1) is 19.7 Å². The van der Waals surface area contributed by atoms with Crippen molar-refractivity contribution in [2.45, 2.75) is 26.3 Å². The van der Waals surface area contributed by atoms with Crippen LogP contribution in [-0.2, 0) is 9.59 Å². The van der Waals surface area contributed by atoms with Crippen LogP contribution in [0.3, 0.4) is 0 Å². The molecule has 0 aliphatic carbocycles. The van der Waals surface area contributed by atoms with Crippen LogP contribution in [0.1, 0.15) is 29.2 Å². The fraction of sp³-hybridized carbons (Fsp3) is 0.154. The Labute approximate surface area is 185 Å². The largest absolute Gasteiger partial charge is 0.481 e. The Hall–Kier alpha value is -3.93. The second-order valence-corrected chi connectivity index (χ2v) is 7.90. The molecule has 1 unspecified atom stereocenters. The van der Waals surface area contributed by atoms with Gasteiger partial charge in [0.2, 0.25) is 0 Å². The lowest BCUT2D eigenvalue weighted by Crippen LogP contribution is -2.31. The summed E-state index contributed by atoms with van der Waals surface area (Å²) in [6, 6.07) is 20.0. The van der Waals surface area contributed by atoms with Crippen LogP contribution in [0.25, 0.3) is 0 Å². The maximum atomic E-state index is 14.9. The summed E-state index contributed by atoms with van der Waals surface area (Å²) in [5, 5.41) is 12.7. The number of carbonyl (C=O) groups is 2. The van der Waals surface area contributed by atoms with Crippen molar-refractivity contribution in [2.24, 2.45) is 0 Å². The predicted molar refractivity (Wildman–Crippen MR) is 122 cm³/mol. The summed E-state index contributed by atoms with van der Waals surface area (Å²) in [7, 11) is 0. The highest BCUT2D eigenvalue weighted by molar-refractivity contribution is 6.12. The molecule has 0 radical (unpaired) electrons. The van der Waals surface area contributed by atoms with Crippen LogP contribution in [0.4, 0.5) is 15.8 Å². The predicted octanol–water partition coefficient (Wildman–Crippen LogP) is 5.37. The zero-order valence-electron chi connectivity index (χ0n) is 17.8. The van der Waals surface area contributed by atoms with E-state index in [9.17, 15) is 19.1 Å². The van der Waals surface area contributed by atoms with Gasteiger partial charge in [-0.1, -0.05) is 53.6 Å². The van der Waals surface area contributed by atoms with Crippen molar-refractivity contribution in [1.29, 1.82) is 0 Å². The number of anilines is 2. The molecule has 3 aromatic carbocycles. The molecule has 1 aliphatic heterocycles. The molecule has 0 saturated heterocycles. The van der Waals surface area contributed by atoms with Gasteiger partial charge in [0.25, 0.3) is 5.91 Å². The zero-order valence-corrected chi connectivity index (χ0v) is 17.8. The molecule has 5 nitrogen and oxygen atoms in total. The minimum Gasteiger partial charge on any atom is -0.481 e. The molecule has 32 heavy (non-hydrogen) atoms. The molecule has 0 bridgehead atoms. The highest BCUT2D eigenvalue weighted by Crippen LogP contribution is 2.43. The molecule has 1 amide bonds. The first-order valence-corrected chi connectivity index (χ1v) is 10.3. The number of hydrogen-bond donors (Lipinski definition) is 2. The van der Waals surface area contributed by atoms with E-state index < -0.39 is 30.2 Å². The van der Waals surface area contributed by atoms with Crippen LogP contribution in [0.15, 0.2) is 84.1 Å². The number of nitrogens with zero attached hydrogens (tertiary/aromatic N) is 1. The number of amides is 1. The Balaban J connectivity index is 1.89. The fourth-order valence-corrected chi connectivity index (χ4v) is 3.93. The normalized spacial score (nSPS) is 15.9. The minimum atomic E-state index is -1.09. The summed E-state index contributed by atoms with van der Waals surface area (Å²) in [4.78, 5) is 26.9. The van der Waals surface area contributed by atoms with Crippen LogP contribution in [0.2, 0.25) is 0 Å². The van der Waals surface area contributed by atoms with Gasteiger partial charge in [0.05, 0.1) is 12.5 Å². The Bertz CT molecular complexity index is 1200. The smallest absolute Gasteiger partial charge is 0.307 e. The molecule has 2 N–H and O–H groups in total. The number of carboxylic acid groups (broad SMARTS) is 1. The highest BCUT2D eigenvalue weighted by atomic mass is 19.1. The summed E-state index contributed by atoms with van der Waals surface area (Å²) in [5.74, 6) is -2.00. The Kier molecular flexibility index (Phi) is 5.77. The molecule has 0 spiro atoms. The molecule has 6 heteroatoms. The highest BCUT2D eigenvalue weighted by Gasteiger charge is 2.42. The average Bonchev–Trinajstić information content (AvgIpc) is 3.01. The maximum Gasteiger partial charge on any atom is 0.307 e. The Morgan fingerprint density at radius 2 is 1.56 bits per heavy atom. The summed E-state index contributed by atoms with van der Waals surface area (Å²) in [5.41, 5.74) is 4.01. The summed E-state index contributed by atoms with van der Waals surface area (Å²) < 4.78 is 14.9. The van der Waals surface area contributed by atoms with Crippen molar-refractivity contribution in [1.82, 2.24) is 0 Å². The number of nitrogens with one attached hydrogen (secondary N) is 1. The van der Waals surface area contributed by atoms with Crippen molar-refractivity contribution >= 4 is 23.3 Å². The number of benzene rings is 3. The monoisotopic (exact) mass is 430 g/mol. The molecular formula is C26H23FN2O3.